The summed E-state index contributed by atoms with van der Waals surface area (Å²) < 4.78 is 0.924. The minimum Gasteiger partial charge on any atom is -0.325 e. The third-order valence-corrected chi connectivity index (χ3v) is 7.82. The van der Waals surface area contributed by atoms with E-state index >= 15 is 0 Å². The summed E-state index contributed by atoms with van der Waals surface area (Å²) in [6, 6.07) is 22.5. The van der Waals surface area contributed by atoms with E-state index in [4.69, 9.17) is 11.6 Å². The summed E-state index contributed by atoms with van der Waals surface area (Å²) in [7, 11) is 0. The van der Waals surface area contributed by atoms with Crippen LogP contribution in [0.15, 0.2) is 82.4 Å². The Balaban J connectivity index is 1.62. The van der Waals surface area contributed by atoms with Gasteiger partial charge in [0.2, 0.25) is 5.91 Å². The van der Waals surface area contributed by atoms with Crippen molar-refractivity contribution in [1.82, 2.24) is 0 Å². The fourth-order valence-corrected chi connectivity index (χ4v) is 6.36. The molecular formula is C25H17BrClN3O2. The lowest BCUT2D eigenvalue weighted by Gasteiger charge is -2.18. The number of carbonyl (C=O) groups excluding carboxylic acids is 2. The summed E-state index contributed by atoms with van der Waals surface area (Å²) >= 11 is 10.2. The van der Waals surface area contributed by atoms with E-state index in [0.29, 0.717) is 27.7 Å². The molecule has 0 radical (unpaired) electrons. The van der Waals surface area contributed by atoms with Crippen LogP contribution in [0.5, 0.6) is 0 Å². The number of nitrogens with one attached hydrogen (secondary N) is 1. The van der Waals surface area contributed by atoms with E-state index in [-0.39, 0.29) is 11.8 Å². The molecule has 158 valence electrons. The lowest BCUT2D eigenvalue weighted by Crippen LogP contribution is -2.38. The van der Waals surface area contributed by atoms with Gasteiger partial charge in [0.25, 0.3) is 5.91 Å². The first-order valence-corrected chi connectivity index (χ1v) is 11.4. The summed E-state index contributed by atoms with van der Waals surface area (Å²) in [6.45, 7) is 1.84. The van der Waals surface area contributed by atoms with Crippen LogP contribution in [0.25, 0.3) is 0 Å². The van der Waals surface area contributed by atoms with Gasteiger partial charge in [0.05, 0.1) is 11.4 Å². The zero-order chi connectivity index (χ0) is 22.3. The second kappa shape index (κ2) is 6.53. The maximum absolute atomic E-state index is 14.2. The van der Waals surface area contributed by atoms with Crippen LogP contribution < -0.4 is 10.3 Å². The third kappa shape index (κ3) is 2.16. The average molecular weight is 507 g/mol. The van der Waals surface area contributed by atoms with Crippen LogP contribution in [0.1, 0.15) is 24.0 Å². The zero-order valence-corrected chi connectivity index (χ0v) is 19.3. The van der Waals surface area contributed by atoms with Crippen LogP contribution in [-0.4, -0.2) is 17.5 Å². The van der Waals surface area contributed by atoms with Gasteiger partial charge in [-0.2, -0.15) is 10.1 Å². The summed E-state index contributed by atoms with van der Waals surface area (Å²) in [5.41, 5.74) is 1.22. The van der Waals surface area contributed by atoms with Gasteiger partial charge in [-0.25, -0.2) is 0 Å². The number of anilines is 2. The number of hydrogen-bond donors (Lipinski definition) is 1. The second-order valence-corrected chi connectivity index (χ2v) is 9.68. The number of carbonyl (C=O) groups is 2. The SMILES string of the molecule is CC1=NN(c2ccccc2)C(=O)[C@@]12C(c1ccc(Br)cc1)[C@]21C(=O)Nc2cccc(Cl)c21. The molecule has 1 N–H and O–H groups in total. The number of hydrazone groups is 1. The molecule has 3 atom stereocenters. The molecule has 32 heavy (non-hydrogen) atoms. The van der Waals surface area contributed by atoms with Crippen LogP contribution in [0, 0.1) is 5.41 Å². The molecule has 1 saturated carbocycles. The molecule has 1 fully saturated rings. The van der Waals surface area contributed by atoms with Gasteiger partial charge in [0, 0.05) is 26.7 Å². The van der Waals surface area contributed by atoms with Crippen molar-refractivity contribution < 1.29 is 9.59 Å². The second-order valence-electron chi connectivity index (χ2n) is 8.36. The summed E-state index contributed by atoms with van der Waals surface area (Å²) in [5.74, 6) is -0.849. The average Bonchev–Trinajstić information content (AvgIpc) is 3.20. The molecule has 5 nitrogen and oxygen atoms in total. The Hall–Kier alpha value is -2.96. The highest BCUT2D eigenvalue weighted by Crippen LogP contribution is 2.80. The quantitative estimate of drug-likeness (QED) is 0.499. The lowest BCUT2D eigenvalue weighted by molar-refractivity contribution is -0.125. The van der Waals surface area contributed by atoms with E-state index in [0.717, 1.165) is 10.0 Å². The van der Waals surface area contributed by atoms with Crippen molar-refractivity contribution in [2.24, 2.45) is 10.5 Å². The van der Waals surface area contributed by atoms with E-state index in [1.54, 1.807) is 12.1 Å². The lowest BCUT2D eigenvalue weighted by atomic mass is 9.84. The van der Waals surface area contributed by atoms with E-state index in [1.807, 2.05) is 67.6 Å². The number of hydrogen-bond acceptors (Lipinski definition) is 3. The van der Waals surface area contributed by atoms with Crippen LogP contribution in [-0.2, 0) is 15.0 Å². The van der Waals surface area contributed by atoms with Gasteiger partial charge in [0.15, 0.2) is 0 Å². The van der Waals surface area contributed by atoms with Crippen LogP contribution in [0.2, 0.25) is 5.02 Å². The Morgan fingerprint density at radius 2 is 1.69 bits per heavy atom. The minimum atomic E-state index is -1.15. The van der Waals surface area contributed by atoms with Crippen molar-refractivity contribution in [2.45, 2.75) is 18.3 Å². The summed E-state index contributed by atoms with van der Waals surface area (Å²) in [5, 5.41) is 9.56. The van der Waals surface area contributed by atoms with Gasteiger partial charge in [-0.3, -0.25) is 9.59 Å². The summed E-state index contributed by atoms with van der Waals surface area (Å²) in [4.78, 5) is 27.9. The highest BCUT2D eigenvalue weighted by atomic mass is 79.9. The van der Waals surface area contributed by atoms with E-state index < -0.39 is 16.7 Å². The van der Waals surface area contributed by atoms with Crippen molar-refractivity contribution in [3.05, 3.63) is 93.4 Å². The zero-order valence-electron chi connectivity index (χ0n) is 17.0. The first-order valence-electron chi connectivity index (χ1n) is 10.2. The maximum Gasteiger partial charge on any atom is 0.261 e. The first kappa shape index (κ1) is 19.7. The highest BCUT2D eigenvalue weighted by molar-refractivity contribution is 9.10. The molecule has 1 aliphatic carbocycles. The Labute approximate surface area is 198 Å². The Morgan fingerprint density at radius 3 is 2.41 bits per heavy atom. The van der Waals surface area contributed by atoms with E-state index in [9.17, 15) is 9.59 Å². The van der Waals surface area contributed by atoms with Crippen molar-refractivity contribution in [1.29, 1.82) is 0 Å². The Kier molecular flexibility index (Phi) is 4.02. The van der Waals surface area contributed by atoms with Gasteiger partial charge in [-0.15, -0.1) is 0 Å². The fraction of sp³-hybridized carbons (Fsp3) is 0.160. The number of benzene rings is 3. The molecule has 2 amide bonds. The maximum atomic E-state index is 14.2. The Bertz CT molecular complexity index is 1340. The number of rotatable bonds is 2. The molecule has 2 heterocycles. The third-order valence-electron chi connectivity index (χ3n) is 6.97. The molecule has 0 saturated heterocycles. The molecule has 3 aromatic rings. The van der Waals surface area contributed by atoms with Crippen molar-refractivity contribution in [3.8, 4) is 0 Å². The molecule has 2 spiro atoms. The molecule has 0 bridgehead atoms. The molecule has 1 unspecified atom stereocenters. The molecular weight excluding hydrogens is 490 g/mol. The van der Waals surface area contributed by atoms with E-state index in [1.165, 1.54) is 5.01 Å². The number of para-hydroxylation sites is 1. The van der Waals surface area contributed by atoms with E-state index in [2.05, 4.69) is 26.3 Å². The Morgan fingerprint density at radius 1 is 0.969 bits per heavy atom. The molecule has 3 aromatic carbocycles. The number of nitrogens with zero attached hydrogens (tertiary/aromatic N) is 2. The van der Waals surface area contributed by atoms with Gasteiger partial charge < -0.3 is 5.32 Å². The number of amides is 2. The van der Waals surface area contributed by atoms with Gasteiger partial charge in [-0.05, 0) is 48.9 Å². The molecule has 2 aliphatic heterocycles. The fourth-order valence-electron chi connectivity index (χ4n) is 5.77. The van der Waals surface area contributed by atoms with Crippen molar-refractivity contribution in [3.63, 3.8) is 0 Å². The predicted octanol–water partition coefficient (Wildman–Crippen LogP) is 5.50. The van der Waals surface area contributed by atoms with Crippen LogP contribution >= 0.6 is 27.5 Å². The largest absolute Gasteiger partial charge is 0.325 e. The monoisotopic (exact) mass is 505 g/mol. The van der Waals surface area contributed by atoms with Crippen LogP contribution in [0.3, 0.4) is 0 Å². The number of fused-ring (bicyclic) bond motifs is 3. The van der Waals surface area contributed by atoms with Gasteiger partial charge in [0.1, 0.15) is 10.8 Å². The van der Waals surface area contributed by atoms with Crippen molar-refractivity contribution in [2.75, 3.05) is 10.3 Å². The van der Waals surface area contributed by atoms with Crippen molar-refractivity contribution >= 4 is 56.4 Å². The van der Waals surface area contributed by atoms with Gasteiger partial charge >= 0.3 is 0 Å². The number of halogens is 2. The highest BCUT2D eigenvalue weighted by Gasteiger charge is 2.90. The topological polar surface area (TPSA) is 61.8 Å². The molecule has 0 aromatic heterocycles. The smallest absolute Gasteiger partial charge is 0.261 e. The standard InChI is InChI=1S/C25H17BrClN3O2/c1-14-24(23(32)30(29-14)17-6-3-2-4-7-17)21(15-10-12-16(26)13-11-15)25(24)20-18(27)8-5-9-19(20)28-22(25)31/h2-13,21H,1H3,(H,28,31)/t21?,24-,25+/m0/s1. The molecule has 3 aliphatic rings. The first-order chi connectivity index (χ1) is 15.4. The minimum absolute atomic E-state index is 0.211. The molecule has 7 heteroatoms. The molecule has 6 rings (SSSR count). The van der Waals surface area contributed by atoms with Crippen LogP contribution in [0.4, 0.5) is 11.4 Å². The summed E-state index contributed by atoms with van der Waals surface area (Å²) in [6.07, 6.45) is 0. The normalized spacial score (nSPS) is 27.7. The predicted molar refractivity (Wildman–Crippen MR) is 128 cm³/mol. The van der Waals surface area contributed by atoms with Gasteiger partial charge in [-0.1, -0.05) is 63.9 Å².